The number of carbonyl (C=O) groups excluding carboxylic acids is 1. The molecule has 0 saturated carbocycles. The van der Waals surface area contributed by atoms with Gasteiger partial charge in [-0.05, 0) is 24.6 Å². The van der Waals surface area contributed by atoms with E-state index in [-0.39, 0.29) is 12.5 Å². The van der Waals surface area contributed by atoms with Crippen LogP contribution in [0.25, 0.3) is 0 Å². The highest BCUT2D eigenvalue weighted by Crippen LogP contribution is 2.19. The minimum absolute atomic E-state index is 0.0430. The predicted octanol–water partition coefficient (Wildman–Crippen LogP) is 3.07. The number of aliphatic carboxylic acids is 1. The Labute approximate surface area is 118 Å². The van der Waals surface area contributed by atoms with Crippen LogP contribution in [0.1, 0.15) is 33.1 Å². The topological polar surface area (TPSA) is 57.6 Å². The van der Waals surface area contributed by atoms with Crippen LogP contribution in [0.15, 0.2) is 24.3 Å². The van der Waals surface area contributed by atoms with Gasteiger partial charge in [0.05, 0.1) is 5.92 Å². The monoisotopic (exact) mass is 281 g/mol. The fourth-order valence-electron chi connectivity index (χ4n) is 1.81. The Kier molecular flexibility index (Phi) is 6.15. The van der Waals surface area contributed by atoms with E-state index < -0.39 is 17.7 Å². The molecule has 0 saturated heterocycles. The number of carbonyl (C=O) groups is 2. The molecule has 110 valence electrons. The summed E-state index contributed by atoms with van der Waals surface area (Å²) in [6.45, 7) is 3.54. The highest BCUT2D eigenvalue weighted by Gasteiger charge is 2.21. The number of unbranched alkanes of at least 4 members (excludes halogenated alkanes) is 1. The molecule has 1 amide bonds. The second kappa shape index (κ2) is 7.62. The minimum Gasteiger partial charge on any atom is -0.481 e. The standard InChI is InChI=1S/C15H20FNO3/c1-3-4-8-14(18)17(10-11(2)15(19)20)13-7-5-6-12(16)9-13/h5-7,9,11H,3-4,8,10H2,1-2H3,(H,19,20). The Morgan fingerprint density at radius 1 is 1.40 bits per heavy atom. The molecule has 4 nitrogen and oxygen atoms in total. The molecule has 0 aliphatic rings. The van der Waals surface area contributed by atoms with Gasteiger partial charge >= 0.3 is 5.97 Å². The molecule has 1 aromatic carbocycles. The summed E-state index contributed by atoms with van der Waals surface area (Å²) in [5, 5.41) is 8.98. The first-order valence-electron chi connectivity index (χ1n) is 6.74. The van der Waals surface area contributed by atoms with Crippen molar-refractivity contribution in [2.75, 3.05) is 11.4 Å². The van der Waals surface area contributed by atoms with Crippen molar-refractivity contribution in [1.29, 1.82) is 0 Å². The first-order valence-corrected chi connectivity index (χ1v) is 6.74. The SMILES string of the molecule is CCCCC(=O)N(CC(C)C(=O)O)c1cccc(F)c1. The van der Waals surface area contributed by atoms with Crippen LogP contribution in [0.3, 0.4) is 0 Å². The summed E-state index contributed by atoms with van der Waals surface area (Å²) in [5.41, 5.74) is 0.402. The number of rotatable bonds is 7. The number of hydrogen-bond acceptors (Lipinski definition) is 2. The normalized spacial score (nSPS) is 11.9. The zero-order valence-corrected chi connectivity index (χ0v) is 11.8. The molecule has 0 aromatic heterocycles. The lowest BCUT2D eigenvalue weighted by molar-refractivity contribution is -0.140. The summed E-state index contributed by atoms with van der Waals surface area (Å²) in [6, 6.07) is 5.66. The summed E-state index contributed by atoms with van der Waals surface area (Å²) < 4.78 is 13.3. The van der Waals surface area contributed by atoms with Gasteiger partial charge in [-0.25, -0.2) is 4.39 Å². The highest BCUT2D eigenvalue weighted by molar-refractivity contribution is 5.94. The van der Waals surface area contributed by atoms with Gasteiger partial charge in [-0.3, -0.25) is 9.59 Å². The van der Waals surface area contributed by atoms with Crippen molar-refractivity contribution in [3.8, 4) is 0 Å². The molecule has 0 aliphatic carbocycles. The number of carboxylic acid groups (broad SMARTS) is 1. The maximum absolute atomic E-state index is 13.3. The molecule has 5 heteroatoms. The van der Waals surface area contributed by atoms with Crippen molar-refractivity contribution in [3.63, 3.8) is 0 Å². The number of halogens is 1. The van der Waals surface area contributed by atoms with Gasteiger partial charge < -0.3 is 10.0 Å². The molecule has 0 heterocycles. The van der Waals surface area contributed by atoms with E-state index in [1.165, 1.54) is 30.0 Å². The van der Waals surface area contributed by atoms with Crippen LogP contribution in [0.2, 0.25) is 0 Å². The number of anilines is 1. The van der Waals surface area contributed by atoms with Crippen molar-refractivity contribution < 1.29 is 19.1 Å². The predicted molar refractivity (Wildman–Crippen MR) is 75.1 cm³/mol. The number of amides is 1. The van der Waals surface area contributed by atoms with Crippen molar-refractivity contribution >= 4 is 17.6 Å². The third kappa shape index (κ3) is 4.64. The molecule has 20 heavy (non-hydrogen) atoms. The van der Waals surface area contributed by atoms with E-state index in [1.807, 2.05) is 6.92 Å². The molecule has 0 bridgehead atoms. The molecule has 1 atom stereocenters. The van der Waals surface area contributed by atoms with Crippen LogP contribution in [-0.4, -0.2) is 23.5 Å². The van der Waals surface area contributed by atoms with Gasteiger partial charge in [-0.1, -0.05) is 26.3 Å². The average Bonchev–Trinajstić information content (AvgIpc) is 2.41. The Morgan fingerprint density at radius 2 is 2.10 bits per heavy atom. The highest BCUT2D eigenvalue weighted by atomic mass is 19.1. The Hall–Kier alpha value is -1.91. The average molecular weight is 281 g/mol. The maximum atomic E-state index is 13.3. The fourth-order valence-corrected chi connectivity index (χ4v) is 1.81. The third-order valence-electron chi connectivity index (χ3n) is 3.04. The quantitative estimate of drug-likeness (QED) is 0.835. The van der Waals surface area contributed by atoms with Crippen LogP contribution in [0.4, 0.5) is 10.1 Å². The number of carboxylic acids is 1. The lowest BCUT2D eigenvalue weighted by atomic mass is 10.1. The van der Waals surface area contributed by atoms with Gasteiger partial charge in [0.25, 0.3) is 0 Å². The van der Waals surface area contributed by atoms with E-state index in [0.29, 0.717) is 12.1 Å². The first-order chi connectivity index (χ1) is 9.45. The molecule has 1 unspecified atom stereocenters. The van der Waals surface area contributed by atoms with E-state index >= 15 is 0 Å². The van der Waals surface area contributed by atoms with Gasteiger partial charge in [-0.15, -0.1) is 0 Å². The van der Waals surface area contributed by atoms with Gasteiger partial charge in [0.2, 0.25) is 5.91 Å². The zero-order valence-electron chi connectivity index (χ0n) is 11.8. The molecule has 0 radical (unpaired) electrons. The van der Waals surface area contributed by atoms with Crippen molar-refractivity contribution in [2.45, 2.75) is 33.1 Å². The second-order valence-corrected chi connectivity index (χ2v) is 4.83. The zero-order chi connectivity index (χ0) is 15.1. The Bertz CT molecular complexity index is 476. The van der Waals surface area contributed by atoms with Crippen LogP contribution >= 0.6 is 0 Å². The molecule has 1 aromatic rings. The largest absolute Gasteiger partial charge is 0.481 e. The van der Waals surface area contributed by atoms with Crippen molar-refractivity contribution in [3.05, 3.63) is 30.1 Å². The lowest BCUT2D eigenvalue weighted by Crippen LogP contribution is -2.37. The van der Waals surface area contributed by atoms with Crippen LogP contribution in [-0.2, 0) is 9.59 Å². The van der Waals surface area contributed by atoms with E-state index in [2.05, 4.69) is 0 Å². The van der Waals surface area contributed by atoms with Crippen LogP contribution in [0, 0.1) is 11.7 Å². The molecular weight excluding hydrogens is 261 g/mol. The van der Waals surface area contributed by atoms with Crippen molar-refractivity contribution in [2.24, 2.45) is 5.92 Å². The summed E-state index contributed by atoms with van der Waals surface area (Å²) >= 11 is 0. The summed E-state index contributed by atoms with van der Waals surface area (Å²) in [6.07, 6.45) is 1.93. The van der Waals surface area contributed by atoms with Gasteiger partial charge in [0, 0.05) is 18.7 Å². The molecule has 1 N–H and O–H groups in total. The van der Waals surface area contributed by atoms with E-state index in [1.54, 1.807) is 6.07 Å². The summed E-state index contributed by atoms with van der Waals surface area (Å²) in [5.74, 6) is -2.30. The minimum atomic E-state index is -0.977. The molecular formula is C15H20FNO3. The van der Waals surface area contributed by atoms with E-state index in [4.69, 9.17) is 5.11 Å². The van der Waals surface area contributed by atoms with E-state index in [9.17, 15) is 14.0 Å². The summed E-state index contributed by atoms with van der Waals surface area (Å²) in [7, 11) is 0. The lowest BCUT2D eigenvalue weighted by Gasteiger charge is -2.24. The Balaban J connectivity index is 2.94. The third-order valence-corrected chi connectivity index (χ3v) is 3.04. The molecule has 0 fully saturated rings. The number of benzene rings is 1. The molecule has 0 spiro atoms. The first kappa shape index (κ1) is 16.1. The van der Waals surface area contributed by atoms with Crippen LogP contribution < -0.4 is 4.90 Å². The van der Waals surface area contributed by atoms with Gasteiger partial charge in [0.1, 0.15) is 5.82 Å². The van der Waals surface area contributed by atoms with E-state index in [0.717, 1.165) is 12.8 Å². The van der Waals surface area contributed by atoms with Gasteiger partial charge in [0.15, 0.2) is 0 Å². The molecule has 1 rings (SSSR count). The number of nitrogens with zero attached hydrogens (tertiary/aromatic N) is 1. The maximum Gasteiger partial charge on any atom is 0.308 e. The second-order valence-electron chi connectivity index (χ2n) is 4.83. The fraction of sp³-hybridized carbons (Fsp3) is 0.467. The number of hydrogen-bond donors (Lipinski definition) is 1. The van der Waals surface area contributed by atoms with Crippen molar-refractivity contribution in [1.82, 2.24) is 0 Å². The van der Waals surface area contributed by atoms with Crippen LogP contribution in [0.5, 0.6) is 0 Å². The molecule has 0 aliphatic heterocycles. The Morgan fingerprint density at radius 3 is 2.65 bits per heavy atom. The smallest absolute Gasteiger partial charge is 0.308 e. The summed E-state index contributed by atoms with van der Waals surface area (Å²) in [4.78, 5) is 24.5. The van der Waals surface area contributed by atoms with Gasteiger partial charge in [-0.2, -0.15) is 0 Å².